The Labute approximate surface area is 138 Å². The van der Waals surface area contributed by atoms with Crippen LogP contribution in [0.1, 0.15) is 39.2 Å². The first-order chi connectivity index (χ1) is 10.7. The molecular weight excluding hydrogens is 294 g/mol. The van der Waals surface area contributed by atoms with E-state index in [1.165, 1.54) is 5.56 Å². The lowest BCUT2D eigenvalue weighted by Gasteiger charge is -2.54. The first kappa shape index (κ1) is 17.8. The third kappa shape index (κ3) is 4.03. The number of ether oxygens (including phenoxy) is 3. The Hall–Kier alpha value is -1.59. The molecule has 0 saturated heterocycles. The topological polar surface area (TPSA) is 56.8 Å². The fourth-order valence-electron chi connectivity index (χ4n) is 3.13. The largest absolute Gasteiger partial charge is 0.444 e. The molecule has 1 N–H and O–H groups in total. The van der Waals surface area contributed by atoms with Gasteiger partial charge in [0.25, 0.3) is 0 Å². The predicted octanol–water partition coefficient (Wildman–Crippen LogP) is 3.23. The van der Waals surface area contributed by atoms with E-state index in [4.69, 9.17) is 14.2 Å². The second-order valence-electron chi connectivity index (χ2n) is 7.17. The Morgan fingerprint density at radius 2 is 1.70 bits per heavy atom. The number of hydrogen-bond acceptors (Lipinski definition) is 4. The van der Waals surface area contributed by atoms with Crippen molar-refractivity contribution >= 4 is 6.09 Å². The van der Waals surface area contributed by atoms with Gasteiger partial charge in [-0.2, -0.15) is 0 Å². The Balaban J connectivity index is 2.10. The molecule has 23 heavy (non-hydrogen) atoms. The molecule has 0 bridgehead atoms. The van der Waals surface area contributed by atoms with Crippen LogP contribution in [0, 0.1) is 0 Å². The monoisotopic (exact) mass is 321 g/mol. The summed E-state index contributed by atoms with van der Waals surface area (Å²) < 4.78 is 16.4. The second-order valence-corrected chi connectivity index (χ2v) is 7.17. The fraction of sp³-hybridized carbons (Fsp3) is 0.611. The minimum atomic E-state index is -0.578. The van der Waals surface area contributed by atoms with E-state index in [2.05, 4.69) is 17.4 Å². The number of amides is 1. The van der Waals surface area contributed by atoms with Gasteiger partial charge in [0, 0.05) is 39.0 Å². The average molecular weight is 321 g/mol. The van der Waals surface area contributed by atoms with Crippen LogP contribution in [0.25, 0.3) is 0 Å². The Bertz CT molecular complexity index is 524. The van der Waals surface area contributed by atoms with Crippen LogP contribution in [-0.4, -0.2) is 38.2 Å². The van der Waals surface area contributed by atoms with Gasteiger partial charge in [-0.3, -0.25) is 0 Å². The van der Waals surface area contributed by atoms with Crippen molar-refractivity contribution in [2.75, 3.05) is 20.8 Å². The van der Waals surface area contributed by atoms with Gasteiger partial charge in [0.1, 0.15) is 5.60 Å². The Morgan fingerprint density at radius 1 is 1.13 bits per heavy atom. The van der Waals surface area contributed by atoms with Crippen LogP contribution in [0.2, 0.25) is 0 Å². The zero-order chi connectivity index (χ0) is 17.1. The van der Waals surface area contributed by atoms with Crippen molar-refractivity contribution in [2.45, 2.75) is 50.4 Å². The molecule has 1 saturated carbocycles. The summed E-state index contributed by atoms with van der Waals surface area (Å²) in [6, 6.07) is 10.1. The van der Waals surface area contributed by atoms with Gasteiger partial charge in [0.2, 0.25) is 0 Å². The zero-order valence-electron chi connectivity index (χ0n) is 14.6. The van der Waals surface area contributed by atoms with E-state index in [1.54, 1.807) is 14.2 Å². The molecule has 0 atom stereocenters. The van der Waals surface area contributed by atoms with Crippen LogP contribution >= 0.6 is 0 Å². The minimum absolute atomic E-state index is 0.204. The molecule has 0 spiro atoms. The van der Waals surface area contributed by atoms with Gasteiger partial charge in [-0.15, -0.1) is 0 Å². The summed E-state index contributed by atoms with van der Waals surface area (Å²) in [5.74, 6) is -0.578. The van der Waals surface area contributed by atoms with Crippen molar-refractivity contribution in [3.8, 4) is 0 Å². The number of benzene rings is 1. The highest BCUT2D eigenvalue weighted by Gasteiger charge is 2.56. The Kier molecular flexibility index (Phi) is 5.01. The zero-order valence-corrected chi connectivity index (χ0v) is 14.6. The SMILES string of the molecule is COC1(OC)CC(CNC(=O)OC(C)(C)C)(c2ccccc2)C1. The molecule has 0 heterocycles. The molecular formula is C18H27NO4. The highest BCUT2D eigenvalue weighted by molar-refractivity contribution is 5.68. The van der Waals surface area contributed by atoms with Gasteiger partial charge in [0.05, 0.1) is 0 Å². The first-order valence-electron chi connectivity index (χ1n) is 7.87. The molecule has 1 aliphatic rings. The summed E-state index contributed by atoms with van der Waals surface area (Å²) in [4.78, 5) is 12.0. The lowest BCUT2D eigenvalue weighted by Crippen LogP contribution is -2.61. The molecule has 2 rings (SSSR count). The van der Waals surface area contributed by atoms with Crippen molar-refractivity contribution < 1.29 is 19.0 Å². The van der Waals surface area contributed by atoms with Crippen molar-refractivity contribution in [1.29, 1.82) is 0 Å². The molecule has 0 aromatic heterocycles. The predicted molar refractivity (Wildman–Crippen MR) is 88.3 cm³/mol. The molecule has 1 aliphatic carbocycles. The summed E-state index contributed by atoms with van der Waals surface area (Å²) in [6.07, 6.45) is 0.972. The molecule has 1 fully saturated rings. The van der Waals surface area contributed by atoms with Gasteiger partial charge in [-0.05, 0) is 26.3 Å². The summed E-state index contributed by atoms with van der Waals surface area (Å²) in [5, 5.41) is 2.89. The van der Waals surface area contributed by atoms with Gasteiger partial charge in [-0.25, -0.2) is 4.79 Å². The smallest absolute Gasteiger partial charge is 0.407 e. The lowest BCUT2D eigenvalue weighted by molar-refractivity contribution is -0.277. The van der Waals surface area contributed by atoms with Gasteiger partial charge in [0.15, 0.2) is 5.79 Å². The minimum Gasteiger partial charge on any atom is -0.444 e. The molecule has 1 amide bonds. The number of nitrogens with one attached hydrogen (secondary N) is 1. The molecule has 0 unspecified atom stereocenters. The normalized spacial score (nSPS) is 18.8. The van der Waals surface area contributed by atoms with Gasteiger partial charge >= 0.3 is 6.09 Å². The van der Waals surface area contributed by atoms with Crippen LogP contribution in [0.4, 0.5) is 4.79 Å². The van der Waals surface area contributed by atoms with E-state index in [0.29, 0.717) is 19.4 Å². The van der Waals surface area contributed by atoms with Gasteiger partial charge in [-0.1, -0.05) is 30.3 Å². The third-order valence-corrected chi connectivity index (χ3v) is 4.32. The number of carbonyl (C=O) groups is 1. The summed E-state index contributed by atoms with van der Waals surface area (Å²) >= 11 is 0. The maximum absolute atomic E-state index is 12.0. The van der Waals surface area contributed by atoms with E-state index in [9.17, 15) is 4.79 Å². The van der Waals surface area contributed by atoms with E-state index >= 15 is 0 Å². The summed E-state index contributed by atoms with van der Waals surface area (Å²) in [6.45, 7) is 6.04. The number of methoxy groups -OCH3 is 2. The molecule has 5 nitrogen and oxygen atoms in total. The molecule has 1 aromatic rings. The fourth-order valence-corrected chi connectivity index (χ4v) is 3.13. The summed E-state index contributed by atoms with van der Waals surface area (Å²) in [7, 11) is 3.30. The molecule has 0 aliphatic heterocycles. The van der Waals surface area contributed by atoms with Crippen molar-refractivity contribution in [3.05, 3.63) is 35.9 Å². The van der Waals surface area contributed by atoms with Crippen LogP contribution in [0.15, 0.2) is 30.3 Å². The number of rotatable bonds is 5. The van der Waals surface area contributed by atoms with Crippen LogP contribution in [0.3, 0.4) is 0 Å². The van der Waals surface area contributed by atoms with Crippen LogP contribution in [0.5, 0.6) is 0 Å². The Morgan fingerprint density at radius 3 is 2.17 bits per heavy atom. The van der Waals surface area contributed by atoms with Crippen LogP contribution < -0.4 is 5.32 Å². The van der Waals surface area contributed by atoms with E-state index in [0.717, 1.165) is 0 Å². The second kappa shape index (κ2) is 6.49. The first-order valence-corrected chi connectivity index (χ1v) is 7.87. The van der Waals surface area contributed by atoms with Crippen LogP contribution in [-0.2, 0) is 19.6 Å². The average Bonchev–Trinajstić information content (AvgIpc) is 2.46. The maximum Gasteiger partial charge on any atom is 0.407 e. The van der Waals surface area contributed by atoms with Crippen molar-refractivity contribution in [1.82, 2.24) is 5.32 Å². The number of hydrogen-bond donors (Lipinski definition) is 1. The molecule has 128 valence electrons. The maximum atomic E-state index is 12.0. The number of alkyl carbamates (subject to hydrolysis) is 1. The van der Waals surface area contributed by atoms with E-state index in [1.807, 2.05) is 39.0 Å². The lowest BCUT2D eigenvalue weighted by atomic mass is 9.60. The van der Waals surface area contributed by atoms with Gasteiger partial charge < -0.3 is 19.5 Å². The van der Waals surface area contributed by atoms with E-state index < -0.39 is 17.5 Å². The molecule has 1 aromatic carbocycles. The standard InChI is InChI=1S/C18H27NO4/c1-16(2,3)23-15(20)19-13-17(14-9-7-6-8-10-14)11-18(12-17,21-4)22-5/h6-10H,11-13H2,1-5H3,(H,19,20). The van der Waals surface area contributed by atoms with Crippen molar-refractivity contribution in [2.24, 2.45) is 0 Å². The van der Waals surface area contributed by atoms with Crippen molar-refractivity contribution in [3.63, 3.8) is 0 Å². The number of carbonyl (C=O) groups excluding carboxylic acids is 1. The highest BCUT2D eigenvalue weighted by atomic mass is 16.7. The molecule has 0 radical (unpaired) electrons. The highest BCUT2D eigenvalue weighted by Crippen LogP contribution is 2.52. The summed E-state index contributed by atoms with van der Waals surface area (Å²) in [5.41, 5.74) is 0.456. The molecule has 5 heteroatoms. The van der Waals surface area contributed by atoms with E-state index in [-0.39, 0.29) is 5.41 Å². The third-order valence-electron chi connectivity index (χ3n) is 4.32. The quantitative estimate of drug-likeness (QED) is 0.846.